The molecule has 0 fully saturated rings. The van der Waals surface area contributed by atoms with Crippen molar-refractivity contribution in [3.05, 3.63) is 344 Å². The Morgan fingerprint density at radius 2 is 0.540 bits per heavy atom. The van der Waals surface area contributed by atoms with Crippen LogP contribution in [-0.2, 0) is 0 Å². The van der Waals surface area contributed by atoms with E-state index in [2.05, 4.69) is 301 Å². The molecule has 0 bridgehead atoms. The standard InChI is InChI=1S/C46H28O.C24H17BO2.C22H13BrO.C2H6/c1-2-12-31-26-35(21-20-29(31)10-1)45-39-18-7-5-16-37(39)44(38-17-6-8-19-40(38)45)34-14-9-13-32(27-34)33-23-25-43-42(28-33)41-24-22-30-11-3-4-15-36(30)46(41)47-43;26-25(27)24-21-11-5-3-9-19(21)23(20-10-4-6-12-22(20)24)18-14-13-16-7-1-2-8-17(16)15-18;23-17-6-3-5-15(12-17)16-9-11-21-20(13-16)19-10-8-14-4-1-2-7-18(14)22(19)24-21;1-2/h1-28H;1-15,26-27H;1-13H;1-2H3. The molecule has 6 heteroatoms. The zero-order valence-electron chi connectivity index (χ0n) is 55.0. The van der Waals surface area contributed by atoms with Gasteiger partial charge in [-0.3, -0.25) is 0 Å². The monoisotopic (exact) mass is 1350 g/mol. The molecule has 0 spiro atoms. The Hall–Kier alpha value is -11.9. The number of fused-ring (bicyclic) bond motifs is 16. The van der Waals surface area contributed by atoms with Crippen LogP contribution in [0.15, 0.2) is 353 Å². The zero-order valence-corrected chi connectivity index (χ0v) is 56.6. The molecule has 2 aromatic heterocycles. The normalized spacial score (nSPS) is 11.4. The Labute approximate surface area is 587 Å². The average Bonchev–Trinajstić information content (AvgIpc) is 1.01. The van der Waals surface area contributed by atoms with Gasteiger partial charge in [-0.05, 0) is 203 Å². The minimum atomic E-state index is -1.52. The van der Waals surface area contributed by atoms with Crippen LogP contribution in [0.5, 0.6) is 0 Å². The van der Waals surface area contributed by atoms with Crippen LogP contribution in [0, 0.1) is 0 Å². The van der Waals surface area contributed by atoms with E-state index in [0.717, 1.165) is 86.4 Å². The maximum Gasteiger partial charge on any atom is 0.489 e. The summed E-state index contributed by atoms with van der Waals surface area (Å²) >= 11 is 3.55. The van der Waals surface area contributed by atoms with Gasteiger partial charge in [0, 0.05) is 36.8 Å². The van der Waals surface area contributed by atoms with E-state index in [9.17, 15) is 10.0 Å². The van der Waals surface area contributed by atoms with Gasteiger partial charge in [0.05, 0.1) is 0 Å². The SMILES string of the molecule is Brc1cccc(-c2ccc3oc4c5ccccc5ccc4c3c2)c1.CC.OB(O)c1c2ccccc2c(-c2ccc3ccccc3c2)c2ccccc12.c1cc(-c2ccc3oc4c5ccccc5ccc4c3c2)cc(-c2c3ccccc3c(-c3ccc4ccccc4c3)c3ccccc23)c1. The van der Waals surface area contributed by atoms with E-state index in [1.165, 1.54) is 104 Å². The van der Waals surface area contributed by atoms with Crippen molar-refractivity contribution in [3.8, 4) is 55.6 Å². The van der Waals surface area contributed by atoms with Crippen LogP contribution < -0.4 is 5.46 Å². The Kier molecular flexibility index (Phi) is 16.1. The Morgan fingerprint density at radius 3 is 0.960 bits per heavy atom. The molecule has 0 atom stereocenters. The maximum atomic E-state index is 10.1. The highest BCUT2D eigenvalue weighted by Crippen LogP contribution is 2.46. The summed E-state index contributed by atoms with van der Waals surface area (Å²) in [5.41, 5.74) is 16.3. The number of rotatable bonds is 6. The summed E-state index contributed by atoms with van der Waals surface area (Å²) in [5.74, 6) is 0. The first kappa shape index (κ1) is 61.7. The lowest BCUT2D eigenvalue weighted by Gasteiger charge is -2.18. The molecule has 474 valence electrons. The number of halogens is 1. The largest absolute Gasteiger partial charge is 0.489 e. The minimum Gasteiger partial charge on any atom is -0.455 e. The van der Waals surface area contributed by atoms with E-state index in [4.69, 9.17) is 8.83 Å². The molecule has 0 aliphatic carbocycles. The molecule has 2 N–H and O–H groups in total. The van der Waals surface area contributed by atoms with E-state index in [1.807, 2.05) is 68.4 Å². The van der Waals surface area contributed by atoms with Crippen LogP contribution in [0.25, 0.3) is 186 Å². The van der Waals surface area contributed by atoms with Crippen LogP contribution in [0.3, 0.4) is 0 Å². The summed E-state index contributed by atoms with van der Waals surface area (Å²) < 4.78 is 13.7. The van der Waals surface area contributed by atoms with Crippen molar-refractivity contribution in [2.45, 2.75) is 13.8 Å². The van der Waals surface area contributed by atoms with Crippen molar-refractivity contribution >= 4 is 159 Å². The van der Waals surface area contributed by atoms with Crippen LogP contribution >= 0.6 is 15.9 Å². The molecule has 20 rings (SSSR count). The lowest BCUT2D eigenvalue weighted by molar-refractivity contribution is 0.426. The van der Waals surface area contributed by atoms with Gasteiger partial charge in [-0.1, -0.05) is 303 Å². The summed E-state index contributed by atoms with van der Waals surface area (Å²) in [6.45, 7) is 4.00. The van der Waals surface area contributed by atoms with Crippen molar-refractivity contribution in [1.29, 1.82) is 0 Å². The number of hydrogen-bond donors (Lipinski definition) is 2. The molecule has 0 aliphatic heterocycles. The lowest BCUT2D eigenvalue weighted by atomic mass is 9.72. The quantitative estimate of drug-likeness (QED) is 0.129. The van der Waals surface area contributed by atoms with Gasteiger partial charge in [0.2, 0.25) is 0 Å². The van der Waals surface area contributed by atoms with E-state index in [0.29, 0.717) is 5.46 Å². The molecule has 4 nitrogen and oxygen atoms in total. The first-order chi connectivity index (χ1) is 49.3. The fourth-order valence-electron chi connectivity index (χ4n) is 15.1. The predicted molar refractivity (Wildman–Crippen MR) is 430 cm³/mol. The van der Waals surface area contributed by atoms with Crippen LogP contribution in [0.4, 0.5) is 0 Å². The van der Waals surface area contributed by atoms with Gasteiger partial charge in [-0.15, -0.1) is 0 Å². The third-order valence-electron chi connectivity index (χ3n) is 19.6. The molecule has 0 radical (unpaired) electrons. The smallest absolute Gasteiger partial charge is 0.455 e. The Morgan fingerprint density at radius 1 is 0.230 bits per heavy atom. The highest BCUT2D eigenvalue weighted by Gasteiger charge is 2.23. The third kappa shape index (κ3) is 11.0. The lowest BCUT2D eigenvalue weighted by Crippen LogP contribution is -2.31. The van der Waals surface area contributed by atoms with Gasteiger partial charge >= 0.3 is 7.12 Å². The second kappa shape index (κ2) is 26.2. The average molecular weight is 1350 g/mol. The van der Waals surface area contributed by atoms with Crippen molar-refractivity contribution in [2.75, 3.05) is 0 Å². The van der Waals surface area contributed by atoms with Crippen LogP contribution in [0.1, 0.15) is 13.8 Å². The number of hydrogen-bond acceptors (Lipinski definition) is 4. The molecule has 0 aliphatic rings. The first-order valence-corrected chi connectivity index (χ1v) is 34.9. The van der Waals surface area contributed by atoms with Gasteiger partial charge in [0.25, 0.3) is 0 Å². The molecule has 18 aromatic carbocycles. The Bertz CT molecular complexity index is 6470. The van der Waals surface area contributed by atoms with Gasteiger partial charge < -0.3 is 18.9 Å². The van der Waals surface area contributed by atoms with Crippen molar-refractivity contribution in [1.82, 2.24) is 0 Å². The van der Waals surface area contributed by atoms with E-state index in [-0.39, 0.29) is 0 Å². The third-order valence-corrected chi connectivity index (χ3v) is 20.1. The fraction of sp³-hybridized carbons (Fsp3) is 0.0213. The second-order valence-corrected chi connectivity index (χ2v) is 26.2. The molecular weight excluding hydrogens is 1280 g/mol. The topological polar surface area (TPSA) is 66.7 Å². The summed E-state index contributed by atoms with van der Waals surface area (Å²) in [6, 6.07) is 120. The summed E-state index contributed by atoms with van der Waals surface area (Å²) in [6.07, 6.45) is 0. The van der Waals surface area contributed by atoms with Gasteiger partial charge in [0.15, 0.2) is 0 Å². The van der Waals surface area contributed by atoms with E-state index >= 15 is 0 Å². The summed E-state index contributed by atoms with van der Waals surface area (Å²) in [4.78, 5) is 0. The molecule has 0 saturated heterocycles. The molecule has 100 heavy (non-hydrogen) atoms. The second-order valence-electron chi connectivity index (χ2n) is 25.3. The maximum absolute atomic E-state index is 10.1. The predicted octanol–water partition coefficient (Wildman–Crippen LogP) is 25.9. The van der Waals surface area contributed by atoms with Crippen molar-refractivity contribution in [2.24, 2.45) is 0 Å². The van der Waals surface area contributed by atoms with Gasteiger partial charge in [-0.25, -0.2) is 0 Å². The van der Waals surface area contributed by atoms with E-state index < -0.39 is 7.12 Å². The molecule has 0 saturated carbocycles. The van der Waals surface area contributed by atoms with Gasteiger partial charge in [-0.2, -0.15) is 0 Å². The highest BCUT2D eigenvalue weighted by atomic mass is 79.9. The molecular formula is C94H64BBrO4. The first-order valence-electron chi connectivity index (χ1n) is 34.1. The summed E-state index contributed by atoms with van der Waals surface area (Å²) in [7, 11) is -1.52. The molecule has 0 amide bonds. The zero-order chi connectivity index (χ0) is 67.4. The van der Waals surface area contributed by atoms with Crippen LogP contribution in [0.2, 0.25) is 0 Å². The molecule has 0 unspecified atom stereocenters. The highest BCUT2D eigenvalue weighted by molar-refractivity contribution is 9.10. The van der Waals surface area contributed by atoms with E-state index in [1.54, 1.807) is 0 Å². The molecule has 20 aromatic rings. The fourth-order valence-corrected chi connectivity index (χ4v) is 15.5. The number of benzene rings is 18. The Balaban J connectivity index is 0.000000120. The minimum absolute atomic E-state index is 0.561. The number of furan rings is 2. The molecule has 2 heterocycles. The van der Waals surface area contributed by atoms with Crippen molar-refractivity contribution in [3.63, 3.8) is 0 Å². The summed E-state index contributed by atoms with van der Waals surface area (Å²) in [5, 5.41) is 43.2. The van der Waals surface area contributed by atoms with Gasteiger partial charge in [0.1, 0.15) is 22.3 Å². The van der Waals surface area contributed by atoms with Crippen molar-refractivity contribution < 1.29 is 18.9 Å². The van der Waals surface area contributed by atoms with Crippen LogP contribution in [-0.4, -0.2) is 17.2 Å².